The molecular formula is C14H22N2. The summed E-state index contributed by atoms with van der Waals surface area (Å²) >= 11 is 0. The van der Waals surface area contributed by atoms with Gasteiger partial charge in [0.2, 0.25) is 0 Å². The lowest BCUT2D eigenvalue weighted by molar-refractivity contribution is 0.259. The van der Waals surface area contributed by atoms with Gasteiger partial charge >= 0.3 is 0 Å². The fourth-order valence-corrected chi connectivity index (χ4v) is 2.68. The molecule has 2 nitrogen and oxygen atoms in total. The summed E-state index contributed by atoms with van der Waals surface area (Å²) in [4.78, 5) is 2.55. The number of nitrogens with zero attached hydrogens (tertiary/aromatic N) is 1. The van der Waals surface area contributed by atoms with E-state index in [2.05, 4.69) is 36.1 Å². The minimum absolute atomic E-state index is 0.713. The van der Waals surface area contributed by atoms with Crippen molar-refractivity contribution in [3.05, 3.63) is 35.4 Å². The van der Waals surface area contributed by atoms with Gasteiger partial charge in [0, 0.05) is 19.1 Å². The van der Waals surface area contributed by atoms with Crippen LogP contribution in [0.2, 0.25) is 0 Å². The third-order valence-electron chi connectivity index (χ3n) is 3.63. The van der Waals surface area contributed by atoms with Crippen LogP contribution in [0.5, 0.6) is 0 Å². The summed E-state index contributed by atoms with van der Waals surface area (Å²) in [6.45, 7) is 5.27. The zero-order valence-corrected chi connectivity index (χ0v) is 10.2. The van der Waals surface area contributed by atoms with E-state index in [1.54, 1.807) is 0 Å². The van der Waals surface area contributed by atoms with Crippen molar-refractivity contribution < 1.29 is 0 Å². The highest BCUT2D eigenvalue weighted by Crippen LogP contribution is 2.21. The first-order valence-electron chi connectivity index (χ1n) is 6.30. The molecule has 1 aromatic carbocycles. The van der Waals surface area contributed by atoms with Crippen LogP contribution in [0.15, 0.2) is 24.3 Å². The van der Waals surface area contributed by atoms with Crippen molar-refractivity contribution >= 4 is 0 Å². The fraction of sp³-hybridized carbons (Fsp3) is 0.571. The Kier molecular flexibility index (Phi) is 3.97. The van der Waals surface area contributed by atoms with E-state index >= 15 is 0 Å². The van der Waals surface area contributed by atoms with Crippen molar-refractivity contribution in [1.29, 1.82) is 0 Å². The molecule has 0 aromatic heterocycles. The van der Waals surface area contributed by atoms with Gasteiger partial charge in [0.25, 0.3) is 0 Å². The molecule has 2 N–H and O–H groups in total. The Morgan fingerprint density at radius 2 is 2.19 bits per heavy atom. The van der Waals surface area contributed by atoms with Crippen molar-refractivity contribution in [2.45, 2.75) is 32.2 Å². The molecule has 0 radical (unpaired) electrons. The monoisotopic (exact) mass is 218 g/mol. The number of hydrogen-bond acceptors (Lipinski definition) is 2. The summed E-state index contributed by atoms with van der Waals surface area (Å²) < 4.78 is 0. The predicted octanol–water partition coefficient (Wildman–Crippen LogP) is 1.96. The lowest BCUT2D eigenvalue weighted by atomic mass is 10.00. The van der Waals surface area contributed by atoms with E-state index in [4.69, 9.17) is 5.73 Å². The number of nitrogens with two attached hydrogens (primary N) is 1. The summed E-state index contributed by atoms with van der Waals surface area (Å²) in [7, 11) is 0. The lowest BCUT2D eigenvalue weighted by Gasteiger charge is -2.24. The van der Waals surface area contributed by atoms with E-state index < -0.39 is 0 Å². The number of rotatable bonds is 4. The normalized spacial score (nSPS) is 21.5. The van der Waals surface area contributed by atoms with E-state index in [1.165, 1.54) is 36.9 Å². The highest BCUT2D eigenvalue weighted by Gasteiger charge is 2.23. The van der Waals surface area contributed by atoms with Crippen LogP contribution < -0.4 is 5.73 Å². The molecule has 1 aliphatic rings. The van der Waals surface area contributed by atoms with E-state index in [0.717, 1.165) is 13.1 Å². The Morgan fingerprint density at radius 1 is 1.38 bits per heavy atom. The maximum Gasteiger partial charge on any atom is 0.0137 e. The lowest BCUT2D eigenvalue weighted by Crippen LogP contribution is -2.35. The van der Waals surface area contributed by atoms with Gasteiger partial charge in [-0.2, -0.15) is 0 Å². The second kappa shape index (κ2) is 5.46. The molecule has 1 unspecified atom stereocenters. The first-order valence-corrected chi connectivity index (χ1v) is 6.30. The second-order valence-corrected chi connectivity index (χ2v) is 4.75. The Labute approximate surface area is 98.4 Å². The Balaban J connectivity index is 2.01. The SMILES string of the molecule is Cc1ccccc1CC1CCCN1CCN. The Bertz CT molecular complexity index is 335. The van der Waals surface area contributed by atoms with E-state index in [1.807, 2.05) is 0 Å². The van der Waals surface area contributed by atoms with Crippen molar-refractivity contribution in [2.24, 2.45) is 5.73 Å². The van der Waals surface area contributed by atoms with Crippen LogP contribution in [-0.2, 0) is 6.42 Å². The molecule has 1 fully saturated rings. The van der Waals surface area contributed by atoms with Gasteiger partial charge < -0.3 is 5.73 Å². The highest BCUT2D eigenvalue weighted by molar-refractivity contribution is 5.26. The van der Waals surface area contributed by atoms with Crippen molar-refractivity contribution in [3.63, 3.8) is 0 Å². The summed E-state index contributed by atoms with van der Waals surface area (Å²) in [5, 5.41) is 0. The minimum atomic E-state index is 0.713. The zero-order valence-electron chi connectivity index (χ0n) is 10.2. The van der Waals surface area contributed by atoms with E-state index in [9.17, 15) is 0 Å². The number of benzene rings is 1. The molecule has 1 saturated heterocycles. The topological polar surface area (TPSA) is 29.3 Å². The summed E-state index contributed by atoms with van der Waals surface area (Å²) in [5.41, 5.74) is 8.57. The standard InChI is InChI=1S/C14H22N2/c1-12-5-2-3-6-13(12)11-14-7-4-9-16(14)10-8-15/h2-3,5-6,14H,4,7-11,15H2,1H3. The van der Waals surface area contributed by atoms with Gasteiger partial charge in [0.15, 0.2) is 0 Å². The number of likely N-dealkylation sites (tertiary alicyclic amines) is 1. The molecule has 1 aromatic rings. The molecule has 0 aliphatic carbocycles. The molecule has 0 bridgehead atoms. The molecule has 0 saturated carbocycles. The molecule has 0 amide bonds. The minimum Gasteiger partial charge on any atom is -0.329 e. The van der Waals surface area contributed by atoms with Crippen molar-refractivity contribution in [2.75, 3.05) is 19.6 Å². The van der Waals surface area contributed by atoms with Gasteiger partial charge in [-0.25, -0.2) is 0 Å². The number of hydrogen-bond donors (Lipinski definition) is 1. The van der Waals surface area contributed by atoms with Crippen molar-refractivity contribution in [1.82, 2.24) is 4.90 Å². The molecule has 1 aliphatic heterocycles. The number of aryl methyl sites for hydroxylation is 1. The second-order valence-electron chi connectivity index (χ2n) is 4.75. The third-order valence-corrected chi connectivity index (χ3v) is 3.63. The van der Waals surface area contributed by atoms with E-state index in [0.29, 0.717) is 6.04 Å². The average Bonchev–Trinajstić information content (AvgIpc) is 2.70. The van der Waals surface area contributed by atoms with Gasteiger partial charge in [-0.1, -0.05) is 24.3 Å². The first kappa shape index (κ1) is 11.6. The quantitative estimate of drug-likeness (QED) is 0.837. The summed E-state index contributed by atoms with van der Waals surface area (Å²) in [5.74, 6) is 0. The molecule has 2 rings (SSSR count). The summed E-state index contributed by atoms with van der Waals surface area (Å²) in [6, 6.07) is 9.44. The zero-order chi connectivity index (χ0) is 11.4. The highest BCUT2D eigenvalue weighted by atomic mass is 15.2. The van der Waals surface area contributed by atoms with Crippen LogP contribution in [0, 0.1) is 6.92 Å². The Morgan fingerprint density at radius 3 is 2.94 bits per heavy atom. The smallest absolute Gasteiger partial charge is 0.0137 e. The van der Waals surface area contributed by atoms with Crippen LogP contribution in [-0.4, -0.2) is 30.6 Å². The first-order chi connectivity index (χ1) is 7.81. The van der Waals surface area contributed by atoms with Gasteiger partial charge in [-0.05, 0) is 43.9 Å². The summed E-state index contributed by atoms with van der Waals surface area (Å²) in [6.07, 6.45) is 3.84. The maximum absolute atomic E-state index is 5.65. The van der Waals surface area contributed by atoms with Crippen LogP contribution >= 0.6 is 0 Å². The van der Waals surface area contributed by atoms with Crippen LogP contribution in [0.4, 0.5) is 0 Å². The van der Waals surface area contributed by atoms with Gasteiger partial charge in [-0.3, -0.25) is 4.90 Å². The predicted molar refractivity (Wildman–Crippen MR) is 68.5 cm³/mol. The third kappa shape index (κ3) is 2.63. The molecule has 88 valence electrons. The van der Waals surface area contributed by atoms with E-state index in [-0.39, 0.29) is 0 Å². The molecular weight excluding hydrogens is 196 g/mol. The van der Waals surface area contributed by atoms with Gasteiger partial charge in [0.05, 0.1) is 0 Å². The van der Waals surface area contributed by atoms with Gasteiger partial charge in [-0.15, -0.1) is 0 Å². The van der Waals surface area contributed by atoms with Crippen LogP contribution in [0.25, 0.3) is 0 Å². The molecule has 1 atom stereocenters. The molecule has 0 spiro atoms. The Hall–Kier alpha value is -0.860. The largest absolute Gasteiger partial charge is 0.329 e. The van der Waals surface area contributed by atoms with Gasteiger partial charge in [0.1, 0.15) is 0 Å². The average molecular weight is 218 g/mol. The van der Waals surface area contributed by atoms with Crippen LogP contribution in [0.3, 0.4) is 0 Å². The van der Waals surface area contributed by atoms with Crippen LogP contribution in [0.1, 0.15) is 24.0 Å². The molecule has 1 heterocycles. The van der Waals surface area contributed by atoms with Crippen molar-refractivity contribution in [3.8, 4) is 0 Å². The molecule has 16 heavy (non-hydrogen) atoms. The molecule has 2 heteroatoms. The maximum atomic E-state index is 5.65. The fourth-order valence-electron chi connectivity index (χ4n) is 2.68.